The van der Waals surface area contributed by atoms with Gasteiger partial charge in [-0.05, 0) is 18.6 Å². The summed E-state index contributed by atoms with van der Waals surface area (Å²) in [6, 6.07) is 15.4. The maximum atomic E-state index is 13.0. The fourth-order valence-electron chi connectivity index (χ4n) is 3.27. The second kappa shape index (κ2) is 8.53. The number of hydrogen-bond acceptors (Lipinski definition) is 6. The molecule has 1 N–H and O–H groups in total. The number of hydrogen-bond donors (Lipinski definition) is 1. The van der Waals surface area contributed by atoms with Crippen molar-refractivity contribution in [3.05, 3.63) is 77.3 Å². The monoisotopic (exact) mass is 406 g/mol. The van der Waals surface area contributed by atoms with Crippen LogP contribution in [0.4, 0.5) is 0 Å². The predicted molar refractivity (Wildman–Crippen MR) is 116 cm³/mol. The molecule has 0 radical (unpaired) electrons. The molecule has 2 aliphatic rings. The minimum atomic E-state index is -0.488. The first-order valence-corrected chi connectivity index (χ1v) is 10.5. The van der Waals surface area contributed by atoms with Crippen LogP contribution in [0.5, 0.6) is 5.75 Å². The van der Waals surface area contributed by atoms with Gasteiger partial charge < -0.3 is 4.74 Å². The lowest BCUT2D eigenvalue weighted by atomic mass is 10.1. The summed E-state index contributed by atoms with van der Waals surface area (Å²) in [7, 11) is 0. The highest BCUT2D eigenvalue weighted by Gasteiger charge is 2.35. The number of nitrogens with zero attached hydrogens (tertiary/aromatic N) is 3. The Kier molecular flexibility index (Phi) is 5.67. The molecule has 0 aliphatic carbocycles. The van der Waals surface area contributed by atoms with Crippen molar-refractivity contribution >= 4 is 28.5 Å². The average molecular weight is 407 g/mol. The minimum absolute atomic E-state index is 0.189. The molecule has 6 nitrogen and oxygen atoms in total. The van der Waals surface area contributed by atoms with Gasteiger partial charge in [0.2, 0.25) is 0 Å². The van der Waals surface area contributed by atoms with Crippen molar-refractivity contribution in [1.82, 2.24) is 10.3 Å². The number of carbonyl (C=O) groups excluding carboxylic acids is 1. The van der Waals surface area contributed by atoms with Crippen LogP contribution in [0.3, 0.4) is 0 Å². The first-order chi connectivity index (χ1) is 14.2. The second-order valence-electron chi connectivity index (χ2n) is 6.56. The third-order valence-corrected chi connectivity index (χ3v) is 5.37. The molecule has 0 saturated heterocycles. The molecule has 0 spiro atoms. The van der Waals surface area contributed by atoms with E-state index in [0.29, 0.717) is 23.2 Å². The fourth-order valence-corrected chi connectivity index (χ4v) is 3.86. The molecule has 0 fully saturated rings. The summed E-state index contributed by atoms with van der Waals surface area (Å²) in [5.74, 6) is 1.21. The van der Waals surface area contributed by atoms with Gasteiger partial charge in [-0.2, -0.15) is 0 Å². The van der Waals surface area contributed by atoms with Crippen molar-refractivity contribution in [3.8, 4) is 5.75 Å². The maximum absolute atomic E-state index is 13.0. The Morgan fingerprint density at radius 1 is 1.24 bits per heavy atom. The highest BCUT2D eigenvalue weighted by molar-refractivity contribution is 8.14. The number of carbonyl (C=O) groups is 1. The first-order valence-electron chi connectivity index (χ1n) is 9.54. The first kappa shape index (κ1) is 19.3. The number of nitrogens with one attached hydrogen (secondary N) is 1. The van der Waals surface area contributed by atoms with Crippen LogP contribution in [-0.4, -0.2) is 28.4 Å². The Hall–Kier alpha value is -3.06. The molecule has 29 heavy (non-hydrogen) atoms. The van der Waals surface area contributed by atoms with Crippen molar-refractivity contribution in [1.29, 1.82) is 0 Å². The molecule has 2 aromatic rings. The summed E-state index contributed by atoms with van der Waals surface area (Å²) in [5, 5.41) is 11.4. The lowest BCUT2D eigenvalue weighted by Crippen LogP contribution is -2.50. The predicted octanol–water partition coefficient (Wildman–Crippen LogP) is 2.54. The molecule has 2 aromatic carbocycles. The molecule has 2 heterocycles. The number of hydrazone groups is 1. The van der Waals surface area contributed by atoms with Gasteiger partial charge in [0.25, 0.3) is 5.91 Å². The van der Waals surface area contributed by atoms with Gasteiger partial charge >= 0.3 is 0 Å². The smallest absolute Gasteiger partial charge is 0.276 e. The Balaban J connectivity index is 1.88. The van der Waals surface area contributed by atoms with Crippen LogP contribution in [-0.2, 0) is 4.79 Å². The summed E-state index contributed by atoms with van der Waals surface area (Å²) in [5.41, 5.74) is 1.37. The fraction of sp³-hybridized carbons (Fsp3) is 0.227. The van der Waals surface area contributed by atoms with Gasteiger partial charge in [0.1, 0.15) is 11.4 Å². The topological polar surface area (TPSA) is 66.3 Å². The molecular weight excluding hydrogens is 384 g/mol. The third-order valence-electron chi connectivity index (χ3n) is 4.51. The SMILES string of the molecule is C=CCSC1=NN2C(=c3ccccc3=N[C@H]2c2ccccc2OCCC)C(=O)N1. The van der Waals surface area contributed by atoms with Crippen molar-refractivity contribution in [2.45, 2.75) is 19.5 Å². The number of para-hydroxylation sites is 2. The summed E-state index contributed by atoms with van der Waals surface area (Å²) < 4.78 is 5.96. The normalized spacial score (nSPS) is 17.5. The second-order valence-corrected chi connectivity index (χ2v) is 7.57. The summed E-state index contributed by atoms with van der Waals surface area (Å²) in [4.78, 5) is 17.9. The van der Waals surface area contributed by atoms with E-state index >= 15 is 0 Å². The summed E-state index contributed by atoms with van der Waals surface area (Å²) >= 11 is 1.43. The molecule has 7 heteroatoms. The number of fused-ring (bicyclic) bond motifs is 2. The van der Waals surface area contributed by atoms with E-state index in [1.54, 1.807) is 11.1 Å². The molecule has 1 atom stereocenters. The number of amides is 1. The van der Waals surface area contributed by atoms with Crippen LogP contribution >= 0.6 is 11.8 Å². The van der Waals surface area contributed by atoms with Crippen LogP contribution in [0, 0.1) is 0 Å². The molecule has 0 unspecified atom stereocenters. The molecule has 0 aromatic heterocycles. The van der Waals surface area contributed by atoms with Gasteiger partial charge in [0.05, 0.1) is 12.0 Å². The Labute approximate surface area is 173 Å². The molecular formula is C22H22N4O2S. The zero-order chi connectivity index (χ0) is 20.2. The lowest BCUT2D eigenvalue weighted by Gasteiger charge is -2.34. The maximum Gasteiger partial charge on any atom is 0.276 e. The summed E-state index contributed by atoms with van der Waals surface area (Å²) in [6.45, 7) is 6.42. The third kappa shape index (κ3) is 3.78. The van der Waals surface area contributed by atoms with Crippen molar-refractivity contribution in [2.75, 3.05) is 12.4 Å². The van der Waals surface area contributed by atoms with Gasteiger partial charge in [-0.1, -0.05) is 61.2 Å². The van der Waals surface area contributed by atoms with E-state index in [4.69, 9.17) is 14.8 Å². The molecule has 4 rings (SSSR count). The standard InChI is InChI=1S/C22H22N4O2S/c1-3-13-28-18-12-8-6-10-16(18)20-23-17-11-7-5-9-15(17)19-21(27)24-22(25-26(19)20)29-14-4-2/h4-12,20H,2-3,13-14H2,1H3,(H,24,25,27)/t20-/m1/s1. The highest BCUT2D eigenvalue weighted by atomic mass is 32.2. The van der Waals surface area contributed by atoms with E-state index in [1.807, 2.05) is 48.5 Å². The van der Waals surface area contributed by atoms with E-state index in [2.05, 4.69) is 18.8 Å². The largest absolute Gasteiger partial charge is 0.493 e. The van der Waals surface area contributed by atoms with Crippen LogP contribution < -0.4 is 20.6 Å². The van der Waals surface area contributed by atoms with E-state index in [0.717, 1.165) is 28.3 Å². The Bertz CT molecular complexity index is 1100. The number of ether oxygens (including phenoxy) is 1. The van der Waals surface area contributed by atoms with Crippen LogP contribution in [0.2, 0.25) is 0 Å². The van der Waals surface area contributed by atoms with Crippen molar-refractivity contribution < 1.29 is 9.53 Å². The number of benzene rings is 2. The van der Waals surface area contributed by atoms with E-state index in [1.165, 1.54) is 11.8 Å². The van der Waals surface area contributed by atoms with Gasteiger partial charge in [-0.15, -0.1) is 11.7 Å². The number of rotatable bonds is 6. The summed E-state index contributed by atoms with van der Waals surface area (Å²) in [6.07, 6.45) is 2.20. The number of amidine groups is 1. The van der Waals surface area contributed by atoms with Gasteiger partial charge in [0, 0.05) is 16.5 Å². The van der Waals surface area contributed by atoms with Gasteiger partial charge in [-0.3, -0.25) is 15.1 Å². The van der Waals surface area contributed by atoms with Crippen molar-refractivity contribution in [2.24, 2.45) is 10.1 Å². The van der Waals surface area contributed by atoms with Crippen molar-refractivity contribution in [3.63, 3.8) is 0 Å². The van der Waals surface area contributed by atoms with E-state index in [9.17, 15) is 4.79 Å². The minimum Gasteiger partial charge on any atom is -0.493 e. The zero-order valence-corrected chi connectivity index (χ0v) is 17.0. The Morgan fingerprint density at radius 2 is 2.03 bits per heavy atom. The molecule has 148 valence electrons. The molecule has 0 bridgehead atoms. The molecule has 0 saturated carbocycles. The van der Waals surface area contributed by atoms with Gasteiger partial charge in [-0.25, -0.2) is 5.01 Å². The lowest BCUT2D eigenvalue weighted by molar-refractivity contribution is -0.116. The van der Waals surface area contributed by atoms with Gasteiger partial charge in [0.15, 0.2) is 11.3 Å². The van der Waals surface area contributed by atoms with E-state index < -0.39 is 6.17 Å². The molecule has 2 aliphatic heterocycles. The van der Waals surface area contributed by atoms with E-state index in [-0.39, 0.29) is 5.91 Å². The molecule has 1 amide bonds. The van der Waals surface area contributed by atoms with Crippen LogP contribution in [0.1, 0.15) is 25.1 Å². The number of thioether (sulfide) groups is 1. The highest BCUT2D eigenvalue weighted by Crippen LogP contribution is 2.35. The quantitative estimate of drug-likeness (QED) is 0.749. The zero-order valence-electron chi connectivity index (χ0n) is 16.2. The Morgan fingerprint density at radius 3 is 2.86 bits per heavy atom. The van der Waals surface area contributed by atoms with Crippen LogP contribution in [0.25, 0.3) is 5.70 Å². The van der Waals surface area contributed by atoms with Crippen LogP contribution in [0.15, 0.2) is 71.3 Å². The average Bonchev–Trinajstić information content (AvgIpc) is 2.75.